The van der Waals surface area contributed by atoms with Gasteiger partial charge >= 0.3 is 0 Å². The number of aromatic hydroxyl groups is 1. The van der Waals surface area contributed by atoms with E-state index in [0.717, 1.165) is 42.4 Å². The summed E-state index contributed by atoms with van der Waals surface area (Å²) < 4.78 is 0. The molecule has 0 aliphatic carbocycles. The quantitative estimate of drug-likeness (QED) is 0.821. The molecule has 0 bridgehead atoms. The molecule has 2 rings (SSSR count). The number of nitrogens with zero attached hydrogens (tertiary/aromatic N) is 1. The van der Waals surface area contributed by atoms with Gasteiger partial charge in [0.2, 0.25) is 0 Å². The van der Waals surface area contributed by atoms with Crippen molar-refractivity contribution in [3.63, 3.8) is 0 Å². The van der Waals surface area contributed by atoms with Gasteiger partial charge in [-0.05, 0) is 48.9 Å². The molecule has 0 radical (unpaired) electrons. The van der Waals surface area contributed by atoms with Gasteiger partial charge in [-0.25, -0.2) is 0 Å². The fourth-order valence-electron chi connectivity index (χ4n) is 2.20. The van der Waals surface area contributed by atoms with Crippen LogP contribution in [0.1, 0.15) is 29.5 Å². The molecule has 2 aromatic rings. The first-order chi connectivity index (χ1) is 9.31. The molecule has 0 fully saturated rings. The lowest BCUT2D eigenvalue weighted by Crippen LogP contribution is -1.92. The van der Waals surface area contributed by atoms with Gasteiger partial charge in [0.15, 0.2) is 0 Å². The van der Waals surface area contributed by atoms with Crippen LogP contribution in [-0.2, 0) is 12.8 Å². The minimum atomic E-state index is 0.375. The third-order valence-corrected chi connectivity index (χ3v) is 3.27. The van der Waals surface area contributed by atoms with Crippen LogP contribution < -0.4 is 0 Å². The molecule has 2 aromatic carbocycles. The Kier molecular flexibility index (Phi) is 4.58. The van der Waals surface area contributed by atoms with Gasteiger partial charge in [-0.1, -0.05) is 36.4 Å². The lowest BCUT2D eigenvalue weighted by atomic mass is 10.0. The lowest BCUT2D eigenvalue weighted by molar-refractivity contribution is 0.466. The van der Waals surface area contributed by atoms with Gasteiger partial charge in [0.25, 0.3) is 0 Å². The largest absolute Gasteiger partial charge is 0.508 e. The SMILES string of the molecule is N#Cc1ccccc1CCCCc1ccccc1O. The summed E-state index contributed by atoms with van der Waals surface area (Å²) in [7, 11) is 0. The maximum atomic E-state index is 9.67. The van der Waals surface area contributed by atoms with E-state index < -0.39 is 0 Å². The number of aryl methyl sites for hydroxylation is 2. The summed E-state index contributed by atoms with van der Waals surface area (Å²) in [5, 5.41) is 18.7. The Balaban J connectivity index is 1.85. The van der Waals surface area contributed by atoms with Gasteiger partial charge in [0.1, 0.15) is 5.75 Å². The summed E-state index contributed by atoms with van der Waals surface area (Å²) in [6.07, 6.45) is 3.82. The molecule has 2 heteroatoms. The molecule has 0 unspecified atom stereocenters. The summed E-state index contributed by atoms with van der Waals surface area (Å²) in [6.45, 7) is 0. The first-order valence-corrected chi connectivity index (χ1v) is 6.56. The van der Waals surface area contributed by atoms with E-state index in [2.05, 4.69) is 6.07 Å². The summed E-state index contributed by atoms with van der Waals surface area (Å²) in [4.78, 5) is 0. The number of phenols is 1. The van der Waals surface area contributed by atoms with E-state index >= 15 is 0 Å². The predicted molar refractivity (Wildman–Crippen MR) is 75.9 cm³/mol. The van der Waals surface area contributed by atoms with Crippen molar-refractivity contribution >= 4 is 0 Å². The summed E-state index contributed by atoms with van der Waals surface area (Å²) in [6, 6.07) is 17.4. The van der Waals surface area contributed by atoms with Crippen LogP contribution in [0.25, 0.3) is 0 Å². The Morgan fingerprint density at radius 1 is 0.842 bits per heavy atom. The molecule has 0 aliphatic rings. The van der Waals surface area contributed by atoms with Crippen molar-refractivity contribution in [2.45, 2.75) is 25.7 Å². The Bertz CT molecular complexity index is 584. The van der Waals surface area contributed by atoms with Gasteiger partial charge in [0, 0.05) is 0 Å². The molecule has 0 atom stereocenters. The van der Waals surface area contributed by atoms with Crippen LogP contribution >= 0.6 is 0 Å². The van der Waals surface area contributed by atoms with E-state index in [1.807, 2.05) is 42.5 Å². The second-order valence-corrected chi connectivity index (χ2v) is 4.60. The molecule has 0 spiro atoms. The van der Waals surface area contributed by atoms with Crippen LogP contribution in [0, 0.1) is 11.3 Å². The van der Waals surface area contributed by atoms with Crippen LogP contribution in [0.5, 0.6) is 5.75 Å². The van der Waals surface area contributed by atoms with Crippen LogP contribution in [0.4, 0.5) is 0 Å². The molecule has 0 heterocycles. The van der Waals surface area contributed by atoms with Crippen molar-refractivity contribution in [1.82, 2.24) is 0 Å². The van der Waals surface area contributed by atoms with Crippen LogP contribution in [0.15, 0.2) is 48.5 Å². The molecule has 96 valence electrons. The lowest BCUT2D eigenvalue weighted by Gasteiger charge is -2.05. The van der Waals surface area contributed by atoms with Gasteiger partial charge < -0.3 is 5.11 Å². The number of para-hydroxylation sites is 1. The molecular formula is C17H17NO. The Morgan fingerprint density at radius 3 is 2.11 bits per heavy atom. The highest BCUT2D eigenvalue weighted by molar-refractivity contribution is 5.37. The smallest absolute Gasteiger partial charge is 0.118 e. The van der Waals surface area contributed by atoms with Crippen LogP contribution in [0.2, 0.25) is 0 Å². The molecule has 0 saturated heterocycles. The monoisotopic (exact) mass is 251 g/mol. The molecule has 1 N–H and O–H groups in total. The van der Waals surface area contributed by atoms with Crippen molar-refractivity contribution in [3.8, 4) is 11.8 Å². The molecule has 19 heavy (non-hydrogen) atoms. The second kappa shape index (κ2) is 6.61. The number of unbranched alkanes of at least 4 members (excludes halogenated alkanes) is 1. The highest BCUT2D eigenvalue weighted by Gasteiger charge is 2.02. The van der Waals surface area contributed by atoms with Crippen molar-refractivity contribution in [2.75, 3.05) is 0 Å². The Morgan fingerprint density at radius 2 is 1.42 bits per heavy atom. The van der Waals surface area contributed by atoms with Crippen molar-refractivity contribution in [1.29, 1.82) is 5.26 Å². The maximum absolute atomic E-state index is 9.67. The number of nitriles is 1. The first-order valence-electron chi connectivity index (χ1n) is 6.56. The van der Waals surface area contributed by atoms with Crippen LogP contribution in [0.3, 0.4) is 0 Å². The topological polar surface area (TPSA) is 44.0 Å². The summed E-state index contributed by atoms with van der Waals surface area (Å²) in [5.41, 5.74) is 2.88. The van der Waals surface area contributed by atoms with Crippen molar-refractivity contribution in [2.24, 2.45) is 0 Å². The van der Waals surface area contributed by atoms with Crippen molar-refractivity contribution < 1.29 is 5.11 Å². The highest BCUT2D eigenvalue weighted by Crippen LogP contribution is 2.19. The number of rotatable bonds is 5. The fourth-order valence-corrected chi connectivity index (χ4v) is 2.20. The predicted octanol–water partition coefficient (Wildman–Crippen LogP) is 3.83. The van der Waals surface area contributed by atoms with E-state index in [9.17, 15) is 5.11 Å². The number of hydrogen-bond acceptors (Lipinski definition) is 2. The highest BCUT2D eigenvalue weighted by atomic mass is 16.3. The minimum Gasteiger partial charge on any atom is -0.508 e. The molecule has 0 amide bonds. The summed E-state index contributed by atoms with van der Waals surface area (Å²) >= 11 is 0. The standard InChI is InChI=1S/C17H17NO/c18-13-16-11-4-2-8-14(16)7-1-3-9-15-10-5-6-12-17(15)19/h2,4-6,8,10-12,19H,1,3,7,9H2. The third kappa shape index (κ3) is 3.59. The number of hydrogen-bond donors (Lipinski definition) is 1. The fraction of sp³-hybridized carbons (Fsp3) is 0.235. The molecule has 0 aliphatic heterocycles. The van der Waals surface area contributed by atoms with E-state index in [4.69, 9.17) is 5.26 Å². The molecule has 0 aromatic heterocycles. The second-order valence-electron chi connectivity index (χ2n) is 4.60. The van der Waals surface area contributed by atoms with Gasteiger partial charge in [-0.2, -0.15) is 5.26 Å². The zero-order valence-corrected chi connectivity index (χ0v) is 10.8. The normalized spacial score (nSPS) is 10.1. The van der Waals surface area contributed by atoms with E-state index in [0.29, 0.717) is 5.75 Å². The van der Waals surface area contributed by atoms with Gasteiger partial charge in [0.05, 0.1) is 11.6 Å². The minimum absolute atomic E-state index is 0.375. The molecule has 0 saturated carbocycles. The average Bonchev–Trinajstić information content (AvgIpc) is 2.45. The number of phenolic OH excluding ortho intramolecular Hbond substituents is 1. The van der Waals surface area contributed by atoms with Crippen molar-refractivity contribution in [3.05, 3.63) is 65.2 Å². The van der Waals surface area contributed by atoms with Crippen LogP contribution in [-0.4, -0.2) is 5.11 Å². The molecular weight excluding hydrogens is 234 g/mol. The van der Waals surface area contributed by atoms with E-state index in [1.165, 1.54) is 0 Å². The zero-order chi connectivity index (χ0) is 13.5. The van der Waals surface area contributed by atoms with E-state index in [-0.39, 0.29) is 0 Å². The average molecular weight is 251 g/mol. The van der Waals surface area contributed by atoms with Gasteiger partial charge in [-0.15, -0.1) is 0 Å². The summed E-state index contributed by atoms with van der Waals surface area (Å²) in [5.74, 6) is 0.375. The molecule has 2 nitrogen and oxygen atoms in total. The maximum Gasteiger partial charge on any atom is 0.118 e. The first kappa shape index (κ1) is 13.2. The number of benzene rings is 2. The van der Waals surface area contributed by atoms with Gasteiger partial charge in [-0.3, -0.25) is 0 Å². The Labute approximate surface area is 114 Å². The zero-order valence-electron chi connectivity index (χ0n) is 10.8. The third-order valence-electron chi connectivity index (χ3n) is 3.27. The van der Waals surface area contributed by atoms with E-state index in [1.54, 1.807) is 6.07 Å². The Hall–Kier alpha value is -2.27.